The first kappa shape index (κ1) is 14.7. The van der Waals surface area contributed by atoms with Crippen molar-refractivity contribution in [3.05, 3.63) is 18.1 Å². The summed E-state index contributed by atoms with van der Waals surface area (Å²) in [6, 6.07) is -0.0380. The normalized spacial score (nSPS) is 19.6. The van der Waals surface area contributed by atoms with Crippen molar-refractivity contribution in [3.8, 4) is 0 Å². The number of likely N-dealkylation sites (N-methyl/N-ethyl adjacent to an activating group) is 1. The van der Waals surface area contributed by atoms with Gasteiger partial charge < -0.3 is 10.6 Å². The van der Waals surface area contributed by atoms with Crippen LogP contribution in [0.3, 0.4) is 0 Å². The summed E-state index contributed by atoms with van der Waals surface area (Å²) in [6.45, 7) is 4.47. The minimum atomic E-state index is -0.0380. The van der Waals surface area contributed by atoms with E-state index in [9.17, 15) is 4.79 Å². The van der Waals surface area contributed by atoms with Crippen LogP contribution in [0.4, 0.5) is 5.82 Å². The zero-order valence-electron chi connectivity index (χ0n) is 12.2. The van der Waals surface area contributed by atoms with E-state index < -0.39 is 0 Å². The number of carbonyl (C=O) groups is 1. The number of rotatable bonds is 5. The molecule has 0 bridgehead atoms. The number of amides is 1. The molecule has 2 rings (SSSR count). The quantitative estimate of drug-likeness (QED) is 0.840. The number of nitrogens with one attached hydrogen (secondary N) is 2. The number of aromatic nitrogens is 2. The number of carbonyl (C=O) groups excluding carboxylic acids is 1. The van der Waals surface area contributed by atoms with Crippen LogP contribution < -0.4 is 10.6 Å². The van der Waals surface area contributed by atoms with Gasteiger partial charge in [-0.05, 0) is 26.3 Å². The third-order valence-corrected chi connectivity index (χ3v) is 3.59. The van der Waals surface area contributed by atoms with Crippen molar-refractivity contribution in [1.82, 2.24) is 20.2 Å². The van der Waals surface area contributed by atoms with Crippen molar-refractivity contribution in [1.29, 1.82) is 0 Å². The van der Waals surface area contributed by atoms with Gasteiger partial charge >= 0.3 is 0 Å². The molecule has 0 aliphatic carbocycles. The molecule has 1 atom stereocenters. The molecule has 1 aliphatic rings. The molecule has 1 aromatic heterocycles. The Bertz CT molecular complexity index is 434. The second-order valence-electron chi connectivity index (χ2n) is 5.02. The van der Waals surface area contributed by atoms with Crippen molar-refractivity contribution in [3.63, 3.8) is 0 Å². The van der Waals surface area contributed by atoms with Gasteiger partial charge in [0.05, 0.1) is 24.1 Å². The lowest BCUT2D eigenvalue weighted by atomic mass is 10.0. The maximum absolute atomic E-state index is 11.9. The van der Waals surface area contributed by atoms with Gasteiger partial charge in [-0.1, -0.05) is 6.42 Å². The zero-order chi connectivity index (χ0) is 14.4. The maximum Gasteiger partial charge on any atom is 0.237 e. The Morgan fingerprint density at radius 3 is 2.90 bits per heavy atom. The Labute approximate surface area is 120 Å². The van der Waals surface area contributed by atoms with Crippen LogP contribution in [0, 0.1) is 0 Å². The average Bonchev–Trinajstić information content (AvgIpc) is 2.49. The highest BCUT2D eigenvalue weighted by atomic mass is 16.2. The SMILES string of the molecule is CCNc1cnc(CN2CCCCC2C(=O)NC)cn1. The molecule has 1 unspecified atom stereocenters. The van der Waals surface area contributed by atoms with Crippen molar-refractivity contribution in [2.24, 2.45) is 0 Å². The lowest BCUT2D eigenvalue weighted by Crippen LogP contribution is -2.48. The van der Waals surface area contributed by atoms with E-state index in [1.165, 1.54) is 0 Å². The molecule has 0 aromatic carbocycles. The van der Waals surface area contributed by atoms with Crippen LogP contribution in [0.15, 0.2) is 12.4 Å². The van der Waals surface area contributed by atoms with E-state index in [2.05, 4.69) is 25.5 Å². The Hall–Kier alpha value is -1.69. The van der Waals surface area contributed by atoms with Crippen LogP contribution in [-0.4, -0.2) is 47.0 Å². The number of hydrogen-bond acceptors (Lipinski definition) is 5. The minimum absolute atomic E-state index is 0.0380. The van der Waals surface area contributed by atoms with E-state index in [0.29, 0.717) is 6.54 Å². The molecule has 1 aliphatic heterocycles. The van der Waals surface area contributed by atoms with Crippen LogP contribution in [-0.2, 0) is 11.3 Å². The van der Waals surface area contributed by atoms with Crippen molar-refractivity contribution >= 4 is 11.7 Å². The highest BCUT2D eigenvalue weighted by Crippen LogP contribution is 2.19. The van der Waals surface area contributed by atoms with E-state index >= 15 is 0 Å². The fraction of sp³-hybridized carbons (Fsp3) is 0.643. The summed E-state index contributed by atoms with van der Waals surface area (Å²) in [5.74, 6) is 0.889. The number of nitrogens with zero attached hydrogens (tertiary/aromatic N) is 3. The van der Waals surface area contributed by atoms with E-state index in [1.54, 1.807) is 19.4 Å². The maximum atomic E-state index is 11.9. The van der Waals surface area contributed by atoms with Gasteiger partial charge in [-0.3, -0.25) is 14.7 Å². The lowest BCUT2D eigenvalue weighted by molar-refractivity contribution is -0.127. The summed E-state index contributed by atoms with van der Waals surface area (Å²) in [5, 5.41) is 5.87. The molecule has 0 saturated carbocycles. The van der Waals surface area contributed by atoms with Crippen LogP contribution >= 0.6 is 0 Å². The summed E-state index contributed by atoms with van der Waals surface area (Å²) >= 11 is 0. The monoisotopic (exact) mass is 277 g/mol. The first-order valence-corrected chi connectivity index (χ1v) is 7.25. The molecule has 2 N–H and O–H groups in total. The second kappa shape index (κ2) is 7.19. The Balaban J connectivity index is 2.00. The van der Waals surface area contributed by atoms with Gasteiger partial charge in [-0.2, -0.15) is 0 Å². The number of hydrogen-bond donors (Lipinski definition) is 2. The smallest absolute Gasteiger partial charge is 0.237 e. The molecule has 110 valence electrons. The molecule has 1 fully saturated rings. The fourth-order valence-electron chi connectivity index (χ4n) is 2.56. The van der Waals surface area contributed by atoms with Gasteiger partial charge in [0.25, 0.3) is 0 Å². The number of likely N-dealkylation sites (tertiary alicyclic amines) is 1. The first-order chi connectivity index (χ1) is 9.74. The molecule has 0 radical (unpaired) electrons. The van der Waals surface area contributed by atoms with E-state index in [4.69, 9.17) is 0 Å². The number of anilines is 1. The van der Waals surface area contributed by atoms with Crippen molar-refractivity contribution < 1.29 is 4.79 Å². The molecule has 6 heteroatoms. The summed E-state index contributed by atoms with van der Waals surface area (Å²) in [6.07, 6.45) is 6.70. The Morgan fingerprint density at radius 2 is 2.25 bits per heavy atom. The number of piperidine rings is 1. The molecule has 2 heterocycles. The van der Waals surface area contributed by atoms with Crippen LogP contribution in [0.1, 0.15) is 31.9 Å². The molecule has 6 nitrogen and oxygen atoms in total. The molecule has 0 spiro atoms. The third-order valence-electron chi connectivity index (χ3n) is 3.59. The van der Waals surface area contributed by atoms with Crippen molar-refractivity contribution in [2.45, 2.75) is 38.8 Å². The van der Waals surface area contributed by atoms with Gasteiger partial charge in [0.2, 0.25) is 5.91 Å². The Kier molecular flexibility index (Phi) is 5.29. The van der Waals surface area contributed by atoms with Gasteiger partial charge in [-0.25, -0.2) is 4.98 Å². The standard InChI is InChI=1S/C14H23N5O/c1-3-16-13-9-17-11(8-18-13)10-19-7-5-4-6-12(19)14(20)15-2/h8-9,12H,3-7,10H2,1-2H3,(H,15,20)(H,16,18). The Morgan fingerprint density at radius 1 is 1.40 bits per heavy atom. The van der Waals surface area contributed by atoms with Crippen LogP contribution in [0.25, 0.3) is 0 Å². The average molecular weight is 277 g/mol. The third kappa shape index (κ3) is 3.66. The lowest BCUT2D eigenvalue weighted by Gasteiger charge is -2.33. The topological polar surface area (TPSA) is 70.2 Å². The van der Waals surface area contributed by atoms with Crippen LogP contribution in [0.2, 0.25) is 0 Å². The first-order valence-electron chi connectivity index (χ1n) is 7.25. The van der Waals surface area contributed by atoms with Crippen LogP contribution in [0.5, 0.6) is 0 Å². The molecule has 1 saturated heterocycles. The highest BCUT2D eigenvalue weighted by Gasteiger charge is 2.28. The fourth-order valence-corrected chi connectivity index (χ4v) is 2.56. The summed E-state index contributed by atoms with van der Waals surface area (Å²) in [7, 11) is 1.69. The minimum Gasteiger partial charge on any atom is -0.369 e. The molecule has 1 aromatic rings. The van der Waals surface area contributed by atoms with E-state index in [0.717, 1.165) is 43.9 Å². The van der Waals surface area contributed by atoms with Gasteiger partial charge in [0, 0.05) is 20.1 Å². The van der Waals surface area contributed by atoms with E-state index in [-0.39, 0.29) is 11.9 Å². The summed E-state index contributed by atoms with van der Waals surface area (Å²) < 4.78 is 0. The summed E-state index contributed by atoms with van der Waals surface area (Å²) in [5.41, 5.74) is 0.905. The van der Waals surface area contributed by atoms with Gasteiger partial charge in [0.1, 0.15) is 5.82 Å². The predicted molar refractivity (Wildman–Crippen MR) is 78.3 cm³/mol. The largest absolute Gasteiger partial charge is 0.369 e. The van der Waals surface area contributed by atoms with Gasteiger partial charge in [-0.15, -0.1) is 0 Å². The molecule has 1 amide bonds. The van der Waals surface area contributed by atoms with Crippen molar-refractivity contribution in [2.75, 3.05) is 25.5 Å². The molecular weight excluding hydrogens is 254 g/mol. The van der Waals surface area contributed by atoms with E-state index in [1.807, 2.05) is 6.92 Å². The predicted octanol–water partition coefficient (Wildman–Crippen LogP) is 1.01. The highest BCUT2D eigenvalue weighted by molar-refractivity contribution is 5.81. The summed E-state index contributed by atoms with van der Waals surface area (Å²) in [4.78, 5) is 22.8. The zero-order valence-corrected chi connectivity index (χ0v) is 12.2. The molecular formula is C14H23N5O. The van der Waals surface area contributed by atoms with Gasteiger partial charge in [0.15, 0.2) is 0 Å². The molecule has 20 heavy (non-hydrogen) atoms. The second-order valence-corrected chi connectivity index (χ2v) is 5.02.